The molecule has 3 rings (SSSR count). The summed E-state index contributed by atoms with van der Waals surface area (Å²) in [5.41, 5.74) is 1.92. The van der Waals surface area contributed by atoms with Crippen LogP contribution in [0.4, 0.5) is 5.95 Å². The van der Waals surface area contributed by atoms with Crippen molar-refractivity contribution in [1.82, 2.24) is 15.3 Å². The summed E-state index contributed by atoms with van der Waals surface area (Å²) < 4.78 is 5.19. The van der Waals surface area contributed by atoms with Crippen molar-refractivity contribution in [3.63, 3.8) is 0 Å². The van der Waals surface area contributed by atoms with Crippen molar-refractivity contribution in [2.24, 2.45) is 0 Å². The van der Waals surface area contributed by atoms with Crippen LogP contribution in [0.3, 0.4) is 0 Å². The van der Waals surface area contributed by atoms with Crippen LogP contribution in [0.2, 0.25) is 5.02 Å². The van der Waals surface area contributed by atoms with Crippen LogP contribution in [0.5, 0.6) is 0 Å². The lowest BCUT2D eigenvalue weighted by molar-refractivity contribution is 0.0943. The Morgan fingerprint density at radius 3 is 2.76 bits per heavy atom. The number of furan rings is 1. The molecule has 0 saturated heterocycles. The van der Waals surface area contributed by atoms with Crippen molar-refractivity contribution in [2.45, 2.75) is 20.0 Å². The minimum Gasteiger partial charge on any atom is -0.467 e. The Morgan fingerprint density at radius 1 is 1.16 bits per heavy atom. The van der Waals surface area contributed by atoms with Crippen LogP contribution < -0.4 is 10.6 Å². The van der Waals surface area contributed by atoms with E-state index in [1.165, 1.54) is 0 Å². The number of amides is 1. The zero-order chi connectivity index (χ0) is 17.6. The number of carbonyl (C=O) groups excluding carboxylic acids is 1. The van der Waals surface area contributed by atoms with Gasteiger partial charge in [0.2, 0.25) is 5.95 Å². The number of aryl methyl sites for hydroxylation is 1. The van der Waals surface area contributed by atoms with Gasteiger partial charge in [0.05, 0.1) is 12.8 Å². The van der Waals surface area contributed by atoms with E-state index >= 15 is 0 Å². The molecule has 1 amide bonds. The zero-order valence-electron chi connectivity index (χ0n) is 13.6. The molecule has 0 aliphatic carbocycles. The quantitative estimate of drug-likeness (QED) is 0.705. The van der Waals surface area contributed by atoms with Crippen LogP contribution in [-0.2, 0) is 13.1 Å². The number of halogens is 1. The first-order valence-corrected chi connectivity index (χ1v) is 8.13. The molecule has 0 unspecified atom stereocenters. The third-order valence-electron chi connectivity index (χ3n) is 3.48. The Morgan fingerprint density at radius 2 is 2.00 bits per heavy atom. The number of hydrogen-bond donors (Lipinski definition) is 2. The summed E-state index contributed by atoms with van der Waals surface area (Å²) in [5, 5.41) is 6.53. The van der Waals surface area contributed by atoms with E-state index in [2.05, 4.69) is 20.6 Å². The molecule has 1 aromatic carbocycles. The molecule has 0 atom stereocenters. The second kappa shape index (κ2) is 7.81. The summed E-state index contributed by atoms with van der Waals surface area (Å²) in [6, 6.07) is 12.7. The predicted molar refractivity (Wildman–Crippen MR) is 95.4 cm³/mol. The van der Waals surface area contributed by atoms with Gasteiger partial charge in [-0.1, -0.05) is 29.8 Å². The highest BCUT2D eigenvalue weighted by molar-refractivity contribution is 6.31. The Hall–Kier alpha value is -2.86. The molecule has 0 aliphatic heterocycles. The maximum Gasteiger partial charge on any atom is 0.270 e. The van der Waals surface area contributed by atoms with Gasteiger partial charge in [-0.3, -0.25) is 4.79 Å². The van der Waals surface area contributed by atoms with E-state index in [0.717, 1.165) is 5.56 Å². The number of rotatable bonds is 6. The van der Waals surface area contributed by atoms with Crippen LogP contribution in [0, 0.1) is 6.92 Å². The van der Waals surface area contributed by atoms with E-state index in [9.17, 15) is 4.79 Å². The molecular weight excluding hydrogens is 340 g/mol. The van der Waals surface area contributed by atoms with Crippen LogP contribution in [0.1, 0.15) is 27.5 Å². The first kappa shape index (κ1) is 17.0. The van der Waals surface area contributed by atoms with Crippen LogP contribution in [0.25, 0.3) is 0 Å². The van der Waals surface area contributed by atoms with E-state index in [0.29, 0.717) is 41.2 Å². The molecule has 3 aromatic rings. The number of nitrogens with one attached hydrogen (secondary N) is 2. The highest BCUT2D eigenvalue weighted by atomic mass is 35.5. The highest BCUT2D eigenvalue weighted by Crippen LogP contribution is 2.16. The van der Waals surface area contributed by atoms with Gasteiger partial charge in [-0.25, -0.2) is 9.97 Å². The van der Waals surface area contributed by atoms with Gasteiger partial charge in [0.25, 0.3) is 5.91 Å². The van der Waals surface area contributed by atoms with E-state index in [1.54, 1.807) is 24.5 Å². The molecule has 128 valence electrons. The lowest BCUT2D eigenvalue weighted by Gasteiger charge is -2.09. The van der Waals surface area contributed by atoms with Crippen LogP contribution in [0.15, 0.2) is 53.1 Å². The topological polar surface area (TPSA) is 80.0 Å². The highest BCUT2D eigenvalue weighted by Gasteiger charge is 2.11. The molecule has 2 heterocycles. The van der Waals surface area contributed by atoms with Gasteiger partial charge in [-0.2, -0.15) is 0 Å². The summed E-state index contributed by atoms with van der Waals surface area (Å²) >= 11 is 6.14. The van der Waals surface area contributed by atoms with Gasteiger partial charge >= 0.3 is 0 Å². The van der Waals surface area contributed by atoms with Gasteiger partial charge in [0.15, 0.2) is 0 Å². The third kappa shape index (κ3) is 4.58. The molecule has 2 N–H and O–H groups in total. The summed E-state index contributed by atoms with van der Waals surface area (Å²) in [6.45, 7) is 2.58. The molecule has 2 aromatic heterocycles. The number of carbonyl (C=O) groups is 1. The molecule has 0 bridgehead atoms. The fraction of sp³-hybridized carbons (Fsp3) is 0.167. The number of anilines is 1. The Bertz CT molecular complexity index is 865. The summed E-state index contributed by atoms with van der Waals surface area (Å²) in [5.74, 6) is 0.766. The van der Waals surface area contributed by atoms with E-state index in [1.807, 2.05) is 31.2 Å². The summed E-state index contributed by atoms with van der Waals surface area (Å²) in [6.07, 6.45) is 1.56. The number of benzene rings is 1. The normalized spacial score (nSPS) is 10.5. The number of nitrogens with zero attached hydrogens (tertiary/aromatic N) is 2. The minimum absolute atomic E-state index is 0.289. The fourth-order valence-corrected chi connectivity index (χ4v) is 2.45. The van der Waals surface area contributed by atoms with Crippen LogP contribution in [-0.4, -0.2) is 15.9 Å². The first-order valence-electron chi connectivity index (χ1n) is 7.75. The van der Waals surface area contributed by atoms with Gasteiger partial charge < -0.3 is 15.1 Å². The number of aromatic nitrogens is 2. The molecule has 6 nitrogen and oxygen atoms in total. The fourth-order valence-electron chi connectivity index (χ4n) is 2.25. The molecular formula is C18H17ClN4O2. The Balaban J connectivity index is 1.67. The maximum atomic E-state index is 12.3. The third-order valence-corrected chi connectivity index (χ3v) is 3.85. The van der Waals surface area contributed by atoms with Crippen molar-refractivity contribution in [2.75, 3.05) is 5.32 Å². The largest absolute Gasteiger partial charge is 0.467 e. The Kier molecular flexibility index (Phi) is 5.30. The van der Waals surface area contributed by atoms with Gasteiger partial charge in [-0.05, 0) is 36.8 Å². The second-order valence-corrected chi connectivity index (χ2v) is 5.83. The smallest absolute Gasteiger partial charge is 0.270 e. The molecule has 0 fully saturated rings. The maximum absolute atomic E-state index is 12.3. The summed E-state index contributed by atoms with van der Waals surface area (Å²) in [7, 11) is 0. The van der Waals surface area contributed by atoms with Crippen molar-refractivity contribution < 1.29 is 9.21 Å². The van der Waals surface area contributed by atoms with Gasteiger partial charge in [0.1, 0.15) is 11.5 Å². The monoisotopic (exact) mass is 356 g/mol. The van der Waals surface area contributed by atoms with E-state index < -0.39 is 0 Å². The van der Waals surface area contributed by atoms with Crippen molar-refractivity contribution in [3.05, 3.63) is 76.5 Å². The lowest BCUT2D eigenvalue weighted by Crippen LogP contribution is -2.24. The Labute approximate surface area is 150 Å². The molecule has 0 saturated carbocycles. The van der Waals surface area contributed by atoms with E-state index in [-0.39, 0.29) is 5.91 Å². The lowest BCUT2D eigenvalue weighted by atomic mass is 10.2. The molecule has 25 heavy (non-hydrogen) atoms. The zero-order valence-corrected chi connectivity index (χ0v) is 14.4. The second-order valence-electron chi connectivity index (χ2n) is 5.43. The minimum atomic E-state index is -0.289. The molecule has 0 spiro atoms. The van der Waals surface area contributed by atoms with E-state index in [4.69, 9.17) is 16.0 Å². The molecule has 0 aliphatic rings. The number of hydrogen-bond acceptors (Lipinski definition) is 5. The van der Waals surface area contributed by atoms with Gasteiger partial charge in [0, 0.05) is 17.3 Å². The SMILES string of the molecule is Cc1cc(C(=O)NCc2ccco2)nc(NCc2ccccc2Cl)n1. The van der Waals surface area contributed by atoms with Crippen molar-refractivity contribution >= 4 is 23.5 Å². The molecule has 7 heteroatoms. The predicted octanol–water partition coefficient (Wildman–Crippen LogP) is 3.57. The standard InChI is InChI=1S/C18H17ClN4O2/c1-12-9-16(17(24)20-11-14-6-4-8-25-14)23-18(22-12)21-10-13-5-2-3-7-15(13)19/h2-9H,10-11H2,1H3,(H,20,24)(H,21,22,23). The summed E-state index contributed by atoms with van der Waals surface area (Å²) in [4.78, 5) is 20.9. The first-order chi connectivity index (χ1) is 12.1. The van der Waals surface area contributed by atoms with Crippen molar-refractivity contribution in [3.8, 4) is 0 Å². The molecule has 0 radical (unpaired) electrons. The van der Waals surface area contributed by atoms with Crippen LogP contribution >= 0.6 is 11.6 Å². The van der Waals surface area contributed by atoms with Crippen molar-refractivity contribution in [1.29, 1.82) is 0 Å². The average Bonchev–Trinajstić information content (AvgIpc) is 3.12. The average molecular weight is 357 g/mol. The van der Waals surface area contributed by atoms with Gasteiger partial charge in [-0.15, -0.1) is 0 Å².